The summed E-state index contributed by atoms with van der Waals surface area (Å²) in [5.74, 6) is 0.281. The lowest BCUT2D eigenvalue weighted by Gasteiger charge is -2.28. The molecule has 1 heterocycles. The molecule has 0 spiro atoms. The monoisotopic (exact) mass is 213 g/mol. The third kappa shape index (κ3) is 2.56. The van der Waals surface area contributed by atoms with Crippen LogP contribution in [-0.4, -0.2) is 30.7 Å². The van der Waals surface area contributed by atoms with Gasteiger partial charge in [0.15, 0.2) is 0 Å². The summed E-state index contributed by atoms with van der Waals surface area (Å²) in [4.78, 5) is 4.85. The zero-order chi connectivity index (χ0) is 10.7. The molecule has 0 bridgehead atoms. The Bertz CT molecular complexity index is 283. The maximum absolute atomic E-state index is 9.20. The van der Waals surface area contributed by atoms with Crippen molar-refractivity contribution in [3.8, 4) is 0 Å². The Labute approximate surface area is 90.2 Å². The van der Waals surface area contributed by atoms with Crippen molar-refractivity contribution in [2.24, 2.45) is 5.92 Å². The van der Waals surface area contributed by atoms with E-state index in [4.69, 9.17) is 0 Å². The summed E-state index contributed by atoms with van der Waals surface area (Å²) in [5.41, 5.74) is 0. The Balaban J connectivity index is 2.88. The molecule has 0 aliphatic rings. The fraction of sp³-hybridized carbons (Fsp3) is 0.636. The van der Waals surface area contributed by atoms with E-state index in [-0.39, 0.29) is 12.5 Å². The molecule has 3 heteroatoms. The third-order valence-corrected chi connectivity index (χ3v) is 3.51. The Hall–Kier alpha value is -0.380. The second-order valence-corrected chi connectivity index (χ2v) is 5.34. The van der Waals surface area contributed by atoms with Crippen LogP contribution in [-0.2, 0) is 0 Å². The second-order valence-electron chi connectivity index (χ2n) is 4.02. The summed E-state index contributed by atoms with van der Waals surface area (Å²) >= 11 is 1.82. The number of hydrogen-bond acceptors (Lipinski definition) is 3. The first-order chi connectivity index (χ1) is 6.56. The topological polar surface area (TPSA) is 23.5 Å². The molecule has 80 valence electrons. The number of aliphatic hydroxyl groups is 1. The highest BCUT2D eigenvalue weighted by Crippen LogP contribution is 2.31. The van der Waals surface area contributed by atoms with E-state index in [1.807, 2.05) is 11.3 Å². The molecule has 0 aliphatic carbocycles. The highest BCUT2D eigenvalue weighted by molar-refractivity contribution is 7.12. The maximum Gasteiger partial charge on any atom is 0.0482 e. The number of hydrogen-bond donors (Lipinski definition) is 1. The maximum atomic E-state index is 9.20. The molecule has 1 aromatic rings. The van der Waals surface area contributed by atoms with Crippen molar-refractivity contribution >= 4 is 11.3 Å². The van der Waals surface area contributed by atoms with Gasteiger partial charge in [-0.05, 0) is 39.1 Å². The zero-order valence-corrected chi connectivity index (χ0v) is 10.1. The number of aliphatic hydroxyl groups excluding tert-OH is 1. The molecule has 1 aromatic heterocycles. The minimum absolute atomic E-state index is 0.236. The minimum atomic E-state index is 0.236. The van der Waals surface area contributed by atoms with Crippen LogP contribution in [0.3, 0.4) is 0 Å². The molecule has 2 atom stereocenters. The number of rotatable bonds is 4. The highest BCUT2D eigenvalue weighted by atomic mass is 32.1. The average Bonchev–Trinajstić information content (AvgIpc) is 2.51. The smallest absolute Gasteiger partial charge is 0.0482 e. The van der Waals surface area contributed by atoms with Crippen LogP contribution in [0.25, 0.3) is 0 Å². The minimum Gasteiger partial charge on any atom is -0.396 e. The summed E-state index contributed by atoms with van der Waals surface area (Å²) < 4.78 is 0. The Morgan fingerprint density at radius 2 is 2.07 bits per heavy atom. The van der Waals surface area contributed by atoms with Gasteiger partial charge in [0.2, 0.25) is 0 Å². The predicted octanol–water partition coefficient (Wildman–Crippen LogP) is 2.29. The molecule has 0 amide bonds. The van der Waals surface area contributed by atoms with Crippen LogP contribution in [0.4, 0.5) is 0 Å². The number of thiophene rings is 1. The van der Waals surface area contributed by atoms with Gasteiger partial charge in [-0.15, -0.1) is 11.3 Å². The molecule has 0 saturated heterocycles. The normalized spacial score (nSPS) is 15.9. The van der Waals surface area contributed by atoms with Crippen molar-refractivity contribution in [1.29, 1.82) is 0 Å². The van der Waals surface area contributed by atoms with Crippen LogP contribution < -0.4 is 0 Å². The summed E-state index contributed by atoms with van der Waals surface area (Å²) in [6.45, 7) is 4.43. The fourth-order valence-electron chi connectivity index (χ4n) is 1.76. The Morgan fingerprint density at radius 3 is 2.43 bits per heavy atom. The van der Waals surface area contributed by atoms with Gasteiger partial charge in [-0.25, -0.2) is 0 Å². The van der Waals surface area contributed by atoms with Crippen LogP contribution in [0.2, 0.25) is 0 Å². The number of aryl methyl sites for hydroxylation is 1. The Morgan fingerprint density at radius 1 is 1.43 bits per heavy atom. The van der Waals surface area contributed by atoms with E-state index in [1.54, 1.807) is 0 Å². The number of nitrogens with zero attached hydrogens (tertiary/aromatic N) is 1. The van der Waals surface area contributed by atoms with Crippen LogP contribution in [0.15, 0.2) is 12.1 Å². The molecule has 0 aliphatic heterocycles. The summed E-state index contributed by atoms with van der Waals surface area (Å²) in [7, 11) is 4.12. The van der Waals surface area contributed by atoms with Crippen molar-refractivity contribution in [3.63, 3.8) is 0 Å². The quantitative estimate of drug-likeness (QED) is 0.829. The summed E-state index contributed by atoms with van der Waals surface area (Å²) in [5, 5.41) is 9.20. The predicted molar refractivity (Wildman–Crippen MR) is 61.7 cm³/mol. The van der Waals surface area contributed by atoms with E-state index in [2.05, 4.69) is 45.0 Å². The zero-order valence-electron chi connectivity index (χ0n) is 9.32. The van der Waals surface area contributed by atoms with Gasteiger partial charge in [0.1, 0.15) is 0 Å². The van der Waals surface area contributed by atoms with Crippen LogP contribution >= 0.6 is 11.3 Å². The van der Waals surface area contributed by atoms with Gasteiger partial charge in [-0.1, -0.05) is 6.92 Å². The molecule has 2 nitrogen and oxygen atoms in total. The summed E-state index contributed by atoms with van der Waals surface area (Å²) in [6.07, 6.45) is 0. The van der Waals surface area contributed by atoms with E-state index in [0.717, 1.165) is 0 Å². The largest absolute Gasteiger partial charge is 0.396 e. The van der Waals surface area contributed by atoms with Gasteiger partial charge < -0.3 is 10.0 Å². The molecular formula is C11H19NOS. The van der Waals surface area contributed by atoms with E-state index in [9.17, 15) is 5.11 Å². The van der Waals surface area contributed by atoms with E-state index in [0.29, 0.717) is 6.04 Å². The third-order valence-electron chi connectivity index (χ3n) is 2.44. The molecule has 14 heavy (non-hydrogen) atoms. The van der Waals surface area contributed by atoms with E-state index in [1.165, 1.54) is 9.75 Å². The lowest BCUT2D eigenvalue weighted by Crippen LogP contribution is -2.27. The fourth-order valence-corrected chi connectivity index (χ4v) is 2.96. The molecule has 0 radical (unpaired) electrons. The van der Waals surface area contributed by atoms with Gasteiger partial charge >= 0.3 is 0 Å². The first-order valence-corrected chi connectivity index (χ1v) is 5.71. The second kappa shape index (κ2) is 4.91. The van der Waals surface area contributed by atoms with Crippen LogP contribution in [0.5, 0.6) is 0 Å². The lowest BCUT2D eigenvalue weighted by molar-refractivity contribution is 0.148. The molecule has 0 saturated carbocycles. The molecular weight excluding hydrogens is 194 g/mol. The van der Waals surface area contributed by atoms with Crippen molar-refractivity contribution in [3.05, 3.63) is 21.9 Å². The Kier molecular flexibility index (Phi) is 4.11. The molecule has 0 aromatic carbocycles. The van der Waals surface area contributed by atoms with Gasteiger partial charge in [-0.3, -0.25) is 0 Å². The van der Waals surface area contributed by atoms with Crippen molar-refractivity contribution in [2.45, 2.75) is 19.9 Å². The average molecular weight is 213 g/mol. The summed E-state index contributed by atoms with van der Waals surface area (Å²) in [6, 6.07) is 4.64. The van der Waals surface area contributed by atoms with Crippen LogP contribution in [0, 0.1) is 12.8 Å². The van der Waals surface area contributed by atoms with Crippen molar-refractivity contribution in [1.82, 2.24) is 4.90 Å². The molecule has 1 N–H and O–H groups in total. The van der Waals surface area contributed by atoms with Gasteiger partial charge in [0, 0.05) is 22.4 Å². The van der Waals surface area contributed by atoms with Gasteiger partial charge in [-0.2, -0.15) is 0 Å². The van der Waals surface area contributed by atoms with Crippen molar-refractivity contribution in [2.75, 3.05) is 20.7 Å². The van der Waals surface area contributed by atoms with Crippen LogP contribution in [0.1, 0.15) is 22.7 Å². The van der Waals surface area contributed by atoms with Gasteiger partial charge in [0.25, 0.3) is 0 Å². The highest BCUT2D eigenvalue weighted by Gasteiger charge is 2.21. The standard InChI is InChI=1S/C11H19NOS/c1-8(7-13)11(12(3)4)10-6-5-9(2)14-10/h5-6,8,11,13H,7H2,1-4H3. The van der Waals surface area contributed by atoms with Crippen molar-refractivity contribution < 1.29 is 5.11 Å². The molecule has 2 unspecified atom stereocenters. The first kappa shape index (κ1) is 11.7. The molecule has 0 fully saturated rings. The lowest BCUT2D eigenvalue weighted by atomic mass is 10.0. The van der Waals surface area contributed by atoms with Gasteiger partial charge in [0.05, 0.1) is 0 Å². The SMILES string of the molecule is Cc1ccc(C(C(C)CO)N(C)C)s1. The van der Waals surface area contributed by atoms with E-state index < -0.39 is 0 Å². The molecule has 1 rings (SSSR count). The first-order valence-electron chi connectivity index (χ1n) is 4.90. The van der Waals surface area contributed by atoms with E-state index >= 15 is 0 Å².